The second kappa shape index (κ2) is 7.45. The van der Waals surface area contributed by atoms with Gasteiger partial charge in [-0.1, -0.05) is 72.8 Å². The Morgan fingerprint density at radius 1 is 0.880 bits per heavy atom. The molecule has 1 unspecified atom stereocenters. The number of anilines is 2. The third-order valence-corrected chi connectivity index (χ3v) is 4.52. The molecule has 1 atom stereocenters. The van der Waals surface area contributed by atoms with Gasteiger partial charge in [0.25, 0.3) is 0 Å². The lowest BCUT2D eigenvalue weighted by molar-refractivity contribution is 0.824. The lowest BCUT2D eigenvalue weighted by Crippen LogP contribution is -2.04. The Balaban J connectivity index is 0.00000182. The number of rotatable bonds is 3. The van der Waals surface area contributed by atoms with Gasteiger partial charge in [-0.05, 0) is 40.8 Å². The Hall–Kier alpha value is -2.71. The first-order valence-corrected chi connectivity index (χ1v) is 8.26. The zero-order valence-corrected chi connectivity index (χ0v) is 14.7. The van der Waals surface area contributed by atoms with E-state index in [2.05, 4.69) is 72.1 Å². The average molecular weight is 349 g/mol. The van der Waals surface area contributed by atoms with Crippen molar-refractivity contribution in [2.24, 2.45) is 0 Å². The molecule has 1 aliphatic heterocycles. The molecule has 0 radical (unpaired) electrons. The Morgan fingerprint density at radius 2 is 1.56 bits per heavy atom. The van der Waals surface area contributed by atoms with E-state index in [9.17, 15) is 0 Å². The molecule has 3 heteroatoms. The van der Waals surface area contributed by atoms with Gasteiger partial charge >= 0.3 is 0 Å². The van der Waals surface area contributed by atoms with Crippen LogP contribution in [0, 0.1) is 0 Å². The molecule has 1 heterocycles. The highest BCUT2D eigenvalue weighted by atomic mass is 35.5. The van der Waals surface area contributed by atoms with Gasteiger partial charge in [-0.2, -0.15) is 0 Å². The van der Waals surface area contributed by atoms with E-state index in [1.54, 1.807) is 0 Å². The Labute approximate surface area is 154 Å². The third kappa shape index (κ3) is 3.70. The van der Waals surface area contributed by atoms with Crippen LogP contribution in [0.15, 0.2) is 72.8 Å². The zero-order valence-electron chi connectivity index (χ0n) is 13.9. The van der Waals surface area contributed by atoms with E-state index < -0.39 is 0 Å². The number of nitrogens with two attached hydrogens (primary N) is 1. The van der Waals surface area contributed by atoms with Crippen molar-refractivity contribution in [3.63, 3.8) is 0 Å². The molecule has 0 aliphatic carbocycles. The van der Waals surface area contributed by atoms with E-state index >= 15 is 0 Å². The molecule has 3 N–H and O–H groups in total. The summed E-state index contributed by atoms with van der Waals surface area (Å²) < 4.78 is 0. The molecule has 3 aromatic carbocycles. The predicted octanol–water partition coefficient (Wildman–Crippen LogP) is 5.57. The molecular weight excluding hydrogens is 328 g/mol. The van der Waals surface area contributed by atoms with Gasteiger partial charge in [-0.3, -0.25) is 0 Å². The first-order valence-electron chi connectivity index (χ1n) is 8.26. The minimum atomic E-state index is 0. The number of nitrogens with one attached hydrogen (secondary N) is 1. The maximum absolute atomic E-state index is 6.25. The molecule has 0 saturated carbocycles. The first kappa shape index (κ1) is 17.1. The van der Waals surface area contributed by atoms with Crippen molar-refractivity contribution >= 4 is 35.9 Å². The molecule has 4 rings (SSSR count). The van der Waals surface area contributed by atoms with Crippen molar-refractivity contribution < 1.29 is 0 Å². The molecule has 25 heavy (non-hydrogen) atoms. The lowest BCUT2D eigenvalue weighted by Gasteiger charge is -2.11. The van der Waals surface area contributed by atoms with E-state index in [1.165, 1.54) is 16.7 Å². The smallest absolute Gasteiger partial charge is 0.0555 e. The van der Waals surface area contributed by atoms with Crippen LogP contribution < -0.4 is 11.1 Å². The van der Waals surface area contributed by atoms with Crippen molar-refractivity contribution in [2.75, 3.05) is 11.1 Å². The van der Waals surface area contributed by atoms with Crippen molar-refractivity contribution in [1.82, 2.24) is 0 Å². The number of nitrogen functional groups attached to an aromatic ring is 1. The Kier molecular flexibility index (Phi) is 5.11. The standard InChI is InChI=1S/C22H20N2.ClH/c23-20-15-22-19(14-21(24-22)17-9-5-2-6-10-17)13-18(20)12-11-16-7-3-1-4-8-16;/h1-13,15,21,24H,14,23H2;1H/b12-11+;. The number of fused-ring (bicyclic) bond motifs is 1. The van der Waals surface area contributed by atoms with Crippen molar-refractivity contribution in [3.05, 3.63) is 95.1 Å². The van der Waals surface area contributed by atoms with Crippen LogP contribution in [0.25, 0.3) is 12.2 Å². The summed E-state index contributed by atoms with van der Waals surface area (Å²) in [7, 11) is 0. The molecule has 1 aliphatic rings. The van der Waals surface area contributed by atoms with E-state index in [1.807, 2.05) is 18.2 Å². The molecule has 0 amide bonds. The summed E-state index contributed by atoms with van der Waals surface area (Å²) in [6, 6.07) is 25.4. The van der Waals surface area contributed by atoms with Crippen LogP contribution in [0.2, 0.25) is 0 Å². The summed E-state index contributed by atoms with van der Waals surface area (Å²) in [6.45, 7) is 0. The van der Waals surface area contributed by atoms with E-state index in [0.29, 0.717) is 6.04 Å². The Bertz CT molecular complexity index is 873. The molecule has 2 nitrogen and oxygen atoms in total. The number of halogens is 1. The summed E-state index contributed by atoms with van der Waals surface area (Å²) in [6.07, 6.45) is 5.20. The summed E-state index contributed by atoms with van der Waals surface area (Å²) >= 11 is 0. The van der Waals surface area contributed by atoms with Gasteiger partial charge in [0.1, 0.15) is 0 Å². The minimum Gasteiger partial charge on any atom is -0.398 e. The first-order chi connectivity index (χ1) is 11.8. The quantitative estimate of drug-likeness (QED) is 0.479. The Morgan fingerprint density at radius 3 is 2.28 bits per heavy atom. The number of benzene rings is 3. The van der Waals surface area contributed by atoms with Gasteiger partial charge in [0.15, 0.2) is 0 Å². The summed E-state index contributed by atoms with van der Waals surface area (Å²) in [5, 5.41) is 3.59. The van der Waals surface area contributed by atoms with Crippen molar-refractivity contribution in [2.45, 2.75) is 12.5 Å². The van der Waals surface area contributed by atoms with Gasteiger partial charge in [0.05, 0.1) is 6.04 Å². The summed E-state index contributed by atoms with van der Waals surface area (Å²) in [5.41, 5.74) is 13.1. The van der Waals surface area contributed by atoms with Crippen molar-refractivity contribution in [3.8, 4) is 0 Å². The van der Waals surface area contributed by atoms with Gasteiger partial charge in [-0.15, -0.1) is 12.4 Å². The maximum atomic E-state index is 6.25. The molecule has 3 aromatic rings. The van der Waals surface area contributed by atoms with Gasteiger partial charge < -0.3 is 11.1 Å². The van der Waals surface area contributed by atoms with Gasteiger partial charge in [-0.25, -0.2) is 0 Å². The largest absolute Gasteiger partial charge is 0.398 e. The van der Waals surface area contributed by atoms with E-state index in [0.717, 1.165) is 23.4 Å². The van der Waals surface area contributed by atoms with E-state index in [4.69, 9.17) is 5.73 Å². The lowest BCUT2D eigenvalue weighted by atomic mass is 10.0. The van der Waals surface area contributed by atoms with Gasteiger partial charge in [0.2, 0.25) is 0 Å². The highest BCUT2D eigenvalue weighted by Crippen LogP contribution is 2.37. The predicted molar refractivity (Wildman–Crippen MR) is 110 cm³/mol. The average Bonchev–Trinajstić information content (AvgIpc) is 3.04. The molecule has 126 valence electrons. The van der Waals surface area contributed by atoms with Crippen LogP contribution in [-0.4, -0.2) is 0 Å². The second-order valence-electron chi connectivity index (χ2n) is 6.19. The molecule has 0 saturated heterocycles. The van der Waals surface area contributed by atoms with Crippen LogP contribution in [-0.2, 0) is 6.42 Å². The van der Waals surface area contributed by atoms with Crippen LogP contribution in [0.5, 0.6) is 0 Å². The molecular formula is C22H21ClN2. The zero-order chi connectivity index (χ0) is 16.4. The van der Waals surface area contributed by atoms with Crippen LogP contribution in [0.3, 0.4) is 0 Å². The minimum absolute atomic E-state index is 0. The molecule has 0 bridgehead atoms. The fraction of sp³-hybridized carbons (Fsp3) is 0.0909. The fourth-order valence-corrected chi connectivity index (χ4v) is 3.22. The molecule has 0 aromatic heterocycles. The number of hydrogen-bond acceptors (Lipinski definition) is 2. The topological polar surface area (TPSA) is 38.0 Å². The van der Waals surface area contributed by atoms with Gasteiger partial charge in [0, 0.05) is 11.4 Å². The van der Waals surface area contributed by atoms with Crippen LogP contribution >= 0.6 is 12.4 Å². The van der Waals surface area contributed by atoms with Crippen molar-refractivity contribution in [1.29, 1.82) is 0 Å². The highest BCUT2D eigenvalue weighted by molar-refractivity contribution is 5.85. The third-order valence-electron chi connectivity index (χ3n) is 4.52. The monoisotopic (exact) mass is 348 g/mol. The normalized spacial score (nSPS) is 15.4. The summed E-state index contributed by atoms with van der Waals surface area (Å²) in [4.78, 5) is 0. The van der Waals surface area contributed by atoms with E-state index in [-0.39, 0.29) is 12.4 Å². The number of hydrogen-bond donors (Lipinski definition) is 2. The van der Waals surface area contributed by atoms with Crippen LogP contribution in [0.1, 0.15) is 28.3 Å². The highest BCUT2D eigenvalue weighted by Gasteiger charge is 2.22. The maximum Gasteiger partial charge on any atom is 0.0555 e. The second-order valence-corrected chi connectivity index (χ2v) is 6.19. The SMILES string of the molecule is Cl.Nc1cc2c(cc1/C=C/c1ccccc1)CC(c1ccccc1)N2. The summed E-state index contributed by atoms with van der Waals surface area (Å²) in [5.74, 6) is 0. The fourth-order valence-electron chi connectivity index (χ4n) is 3.22. The molecule has 0 fully saturated rings. The molecule has 0 spiro atoms. The van der Waals surface area contributed by atoms with Crippen LogP contribution in [0.4, 0.5) is 11.4 Å².